The number of carbonyl (C=O) groups excluding carboxylic acids is 1. The molecular formula is C15H19Cl2NO2. The quantitative estimate of drug-likeness (QED) is 0.837. The van der Waals surface area contributed by atoms with Crippen LogP contribution in [0.2, 0.25) is 10.0 Å². The van der Waals surface area contributed by atoms with Gasteiger partial charge in [0.05, 0.1) is 23.2 Å². The van der Waals surface area contributed by atoms with E-state index in [-0.39, 0.29) is 12.0 Å². The summed E-state index contributed by atoms with van der Waals surface area (Å²) in [5.74, 6) is 0.209. The summed E-state index contributed by atoms with van der Waals surface area (Å²) in [5, 5.41) is 1.05. The van der Waals surface area contributed by atoms with Crippen LogP contribution in [0.5, 0.6) is 0 Å². The van der Waals surface area contributed by atoms with Crippen molar-refractivity contribution in [3.8, 4) is 0 Å². The van der Waals surface area contributed by atoms with Crippen molar-refractivity contribution in [3.63, 3.8) is 0 Å². The molecule has 0 aromatic heterocycles. The SMILES string of the molecule is CCCCC(=O)N1CCOC(c2ccc(Cl)c(Cl)c2)C1. The van der Waals surface area contributed by atoms with Gasteiger partial charge in [-0.25, -0.2) is 0 Å². The summed E-state index contributed by atoms with van der Waals surface area (Å²) in [4.78, 5) is 14.0. The van der Waals surface area contributed by atoms with Gasteiger partial charge in [-0.05, 0) is 24.1 Å². The van der Waals surface area contributed by atoms with Crippen LogP contribution < -0.4 is 0 Å². The number of ether oxygens (including phenoxy) is 1. The lowest BCUT2D eigenvalue weighted by atomic mass is 10.1. The normalized spacial score (nSPS) is 19.1. The Kier molecular flexibility index (Phi) is 5.70. The number of morpholine rings is 1. The van der Waals surface area contributed by atoms with E-state index in [1.807, 2.05) is 17.0 Å². The molecule has 1 aromatic rings. The minimum Gasteiger partial charge on any atom is -0.370 e. The standard InChI is InChI=1S/C15H19Cl2NO2/c1-2-3-4-15(19)18-7-8-20-14(10-18)11-5-6-12(16)13(17)9-11/h5-6,9,14H,2-4,7-8,10H2,1H3. The van der Waals surface area contributed by atoms with Crippen LogP contribution in [0.3, 0.4) is 0 Å². The minimum absolute atomic E-state index is 0.121. The van der Waals surface area contributed by atoms with E-state index in [1.165, 1.54) is 0 Å². The molecule has 0 spiro atoms. The van der Waals surface area contributed by atoms with Crippen LogP contribution in [-0.2, 0) is 9.53 Å². The van der Waals surface area contributed by atoms with Crippen molar-refractivity contribution >= 4 is 29.1 Å². The molecule has 1 aliphatic rings. The zero-order chi connectivity index (χ0) is 14.5. The van der Waals surface area contributed by atoms with Crippen molar-refractivity contribution in [2.45, 2.75) is 32.3 Å². The average Bonchev–Trinajstić information content (AvgIpc) is 2.47. The van der Waals surface area contributed by atoms with Crippen molar-refractivity contribution in [3.05, 3.63) is 33.8 Å². The maximum atomic E-state index is 12.1. The van der Waals surface area contributed by atoms with Crippen LogP contribution in [0.25, 0.3) is 0 Å². The molecule has 0 saturated carbocycles. The highest BCUT2D eigenvalue weighted by atomic mass is 35.5. The van der Waals surface area contributed by atoms with Crippen LogP contribution >= 0.6 is 23.2 Å². The monoisotopic (exact) mass is 315 g/mol. The molecule has 1 aromatic carbocycles. The van der Waals surface area contributed by atoms with Crippen LogP contribution in [-0.4, -0.2) is 30.5 Å². The predicted octanol–water partition coefficient (Wildman–Crippen LogP) is 4.08. The molecule has 0 radical (unpaired) electrons. The molecule has 1 unspecified atom stereocenters. The third-order valence-corrected chi connectivity index (χ3v) is 4.22. The van der Waals surface area contributed by atoms with E-state index < -0.39 is 0 Å². The molecule has 1 aliphatic heterocycles. The largest absolute Gasteiger partial charge is 0.370 e. The average molecular weight is 316 g/mol. The fourth-order valence-electron chi connectivity index (χ4n) is 2.28. The number of hydrogen-bond donors (Lipinski definition) is 0. The molecule has 20 heavy (non-hydrogen) atoms. The summed E-state index contributed by atoms with van der Waals surface area (Å²) in [6.45, 7) is 3.90. The highest BCUT2D eigenvalue weighted by molar-refractivity contribution is 6.42. The Morgan fingerprint density at radius 1 is 1.40 bits per heavy atom. The van der Waals surface area contributed by atoms with Crippen LogP contribution in [0.1, 0.15) is 37.9 Å². The molecule has 1 amide bonds. The molecule has 1 fully saturated rings. The second-order valence-corrected chi connectivity index (χ2v) is 5.79. The Morgan fingerprint density at radius 3 is 2.90 bits per heavy atom. The third-order valence-electron chi connectivity index (χ3n) is 3.48. The van der Waals surface area contributed by atoms with Gasteiger partial charge in [0.2, 0.25) is 5.91 Å². The van der Waals surface area contributed by atoms with Gasteiger partial charge in [0.15, 0.2) is 0 Å². The van der Waals surface area contributed by atoms with Gasteiger partial charge < -0.3 is 9.64 Å². The highest BCUT2D eigenvalue weighted by Crippen LogP contribution is 2.29. The summed E-state index contributed by atoms with van der Waals surface area (Å²) in [7, 11) is 0. The number of unbranched alkanes of at least 4 members (excludes halogenated alkanes) is 1. The van der Waals surface area contributed by atoms with Crippen LogP contribution in [0.4, 0.5) is 0 Å². The number of amides is 1. The van der Waals surface area contributed by atoms with E-state index in [0.29, 0.717) is 36.2 Å². The van der Waals surface area contributed by atoms with Crippen LogP contribution in [0.15, 0.2) is 18.2 Å². The summed E-state index contributed by atoms with van der Waals surface area (Å²) in [6.07, 6.45) is 2.47. The number of rotatable bonds is 4. The number of nitrogens with zero attached hydrogens (tertiary/aromatic N) is 1. The van der Waals surface area contributed by atoms with E-state index in [2.05, 4.69) is 6.92 Å². The van der Waals surface area contributed by atoms with Gasteiger partial charge in [-0.1, -0.05) is 42.6 Å². The van der Waals surface area contributed by atoms with Gasteiger partial charge in [-0.3, -0.25) is 4.79 Å². The lowest BCUT2D eigenvalue weighted by Crippen LogP contribution is -2.42. The highest BCUT2D eigenvalue weighted by Gasteiger charge is 2.25. The van der Waals surface area contributed by atoms with Gasteiger partial charge >= 0.3 is 0 Å². The summed E-state index contributed by atoms with van der Waals surface area (Å²) >= 11 is 12.0. The minimum atomic E-state index is -0.121. The lowest BCUT2D eigenvalue weighted by molar-refractivity contribution is -0.139. The summed E-state index contributed by atoms with van der Waals surface area (Å²) in [6, 6.07) is 5.48. The lowest BCUT2D eigenvalue weighted by Gasteiger charge is -2.33. The molecule has 1 saturated heterocycles. The topological polar surface area (TPSA) is 29.5 Å². The Bertz CT molecular complexity index is 479. The van der Waals surface area contributed by atoms with Crippen molar-refractivity contribution in [1.29, 1.82) is 0 Å². The first-order chi connectivity index (χ1) is 9.61. The maximum absolute atomic E-state index is 12.1. The predicted molar refractivity (Wildman–Crippen MR) is 81.3 cm³/mol. The van der Waals surface area contributed by atoms with Gasteiger partial charge in [0.1, 0.15) is 6.10 Å². The van der Waals surface area contributed by atoms with Gasteiger partial charge in [0.25, 0.3) is 0 Å². The van der Waals surface area contributed by atoms with E-state index in [4.69, 9.17) is 27.9 Å². The number of hydrogen-bond acceptors (Lipinski definition) is 2. The fraction of sp³-hybridized carbons (Fsp3) is 0.533. The molecule has 3 nitrogen and oxygen atoms in total. The number of halogens is 2. The second-order valence-electron chi connectivity index (χ2n) is 4.98. The number of carbonyl (C=O) groups is 1. The Labute approximate surface area is 129 Å². The maximum Gasteiger partial charge on any atom is 0.222 e. The first-order valence-corrected chi connectivity index (χ1v) is 7.71. The zero-order valence-corrected chi connectivity index (χ0v) is 13.1. The Hall–Kier alpha value is -0.770. The molecule has 5 heteroatoms. The molecule has 2 rings (SSSR count). The molecule has 110 valence electrons. The first kappa shape index (κ1) is 15.6. The summed E-state index contributed by atoms with van der Waals surface area (Å²) < 4.78 is 5.75. The van der Waals surface area contributed by atoms with Gasteiger partial charge in [-0.2, -0.15) is 0 Å². The zero-order valence-electron chi connectivity index (χ0n) is 11.6. The molecule has 0 N–H and O–H groups in total. The van der Waals surface area contributed by atoms with Crippen LogP contribution in [0, 0.1) is 0 Å². The number of benzene rings is 1. The van der Waals surface area contributed by atoms with E-state index in [9.17, 15) is 4.79 Å². The van der Waals surface area contributed by atoms with Gasteiger partial charge in [0, 0.05) is 13.0 Å². The van der Waals surface area contributed by atoms with E-state index in [1.54, 1.807) is 6.07 Å². The molecule has 0 bridgehead atoms. The second kappa shape index (κ2) is 7.30. The van der Waals surface area contributed by atoms with Crippen molar-refractivity contribution in [2.24, 2.45) is 0 Å². The summed E-state index contributed by atoms with van der Waals surface area (Å²) in [5.41, 5.74) is 0.965. The molecular weight excluding hydrogens is 297 g/mol. The smallest absolute Gasteiger partial charge is 0.222 e. The van der Waals surface area contributed by atoms with Gasteiger partial charge in [-0.15, -0.1) is 0 Å². The van der Waals surface area contributed by atoms with E-state index in [0.717, 1.165) is 18.4 Å². The molecule has 0 aliphatic carbocycles. The van der Waals surface area contributed by atoms with Crippen molar-refractivity contribution in [1.82, 2.24) is 4.90 Å². The Balaban J connectivity index is 2.02. The third kappa shape index (κ3) is 3.87. The molecule has 1 heterocycles. The van der Waals surface area contributed by atoms with Crippen molar-refractivity contribution in [2.75, 3.05) is 19.7 Å². The molecule has 1 atom stereocenters. The Morgan fingerprint density at radius 2 is 2.20 bits per heavy atom. The van der Waals surface area contributed by atoms with Crippen molar-refractivity contribution < 1.29 is 9.53 Å². The van der Waals surface area contributed by atoms with E-state index >= 15 is 0 Å². The fourth-order valence-corrected chi connectivity index (χ4v) is 2.58. The first-order valence-electron chi connectivity index (χ1n) is 6.96.